The number of alkyl halides is 3. The summed E-state index contributed by atoms with van der Waals surface area (Å²) >= 11 is 0. The molecule has 0 fully saturated rings. The summed E-state index contributed by atoms with van der Waals surface area (Å²) in [6.07, 6.45) is -5.03. The summed E-state index contributed by atoms with van der Waals surface area (Å²) in [4.78, 5) is 21.9. The van der Waals surface area contributed by atoms with Gasteiger partial charge in [-0.1, -0.05) is 19.1 Å². The molecule has 5 nitrogen and oxygen atoms in total. The number of carbonyl (C=O) groups is 2. The highest BCUT2D eigenvalue weighted by molar-refractivity contribution is 5.82. The van der Waals surface area contributed by atoms with E-state index in [4.69, 9.17) is 10.8 Å². The number of nitrogen functional groups attached to an aromatic ring is 1. The van der Waals surface area contributed by atoms with Crippen molar-refractivity contribution in [2.75, 3.05) is 5.73 Å². The van der Waals surface area contributed by atoms with Crippen LogP contribution < -0.4 is 11.1 Å². The van der Waals surface area contributed by atoms with Crippen molar-refractivity contribution in [3.8, 4) is 0 Å². The molecule has 0 saturated heterocycles. The summed E-state index contributed by atoms with van der Waals surface area (Å²) in [5, 5.41) is 10.7. The topological polar surface area (TPSA) is 92.4 Å². The number of nitrogens with two attached hydrogens (primary N) is 1. The van der Waals surface area contributed by atoms with E-state index in [2.05, 4.69) is 0 Å². The molecular formula is C14H17F3N2O3. The van der Waals surface area contributed by atoms with E-state index in [1.807, 2.05) is 5.32 Å². The minimum absolute atomic E-state index is 0.0831. The highest BCUT2D eigenvalue weighted by atomic mass is 19.4. The summed E-state index contributed by atoms with van der Waals surface area (Å²) in [6, 6.07) is 5.46. The van der Waals surface area contributed by atoms with Crippen molar-refractivity contribution >= 4 is 17.6 Å². The van der Waals surface area contributed by atoms with Crippen LogP contribution in [-0.2, 0) is 16.0 Å². The summed E-state index contributed by atoms with van der Waals surface area (Å²) in [7, 11) is 0. The van der Waals surface area contributed by atoms with Gasteiger partial charge in [0, 0.05) is 11.7 Å². The fraction of sp³-hybridized carbons (Fsp3) is 0.429. The van der Waals surface area contributed by atoms with E-state index in [9.17, 15) is 22.8 Å². The van der Waals surface area contributed by atoms with Crippen molar-refractivity contribution in [1.82, 2.24) is 5.32 Å². The molecule has 122 valence electrons. The Kier molecular flexibility index (Phi) is 5.78. The fourth-order valence-corrected chi connectivity index (χ4v) is 1.93. The van der Waals surface area contributed by atoms with Crippen LogP contribution in [0.1, 0.15) is 18.9 Å². The van der Waals surface area contributed by atoms with E-state index in [-0.39, 0.29) is 12.8 Å². The molecule has 0 spiro atoms. The first-order valence-corrected chi connectivity index (χ1v) is 6.54. The lowest BCUT2D eigenvalue weighted by molar-refractivity contribution is -0.174. The van der Waals surface area contributed by atoms with Crippen LogP contribution in [0.25, 0.3) is 0 Å². The smallest absolute Gasteiger partial charge is 0.471 e. The van der Waals surface area contributed by atoms with Crippen molar-refractivity contribution < 1.29 is 27.9 Å². The number of rotatable bonds is 6. The average Bonchev–Trinajstić information content (AvgIpc) is 2.40. The first kappa shape index (κ1) is 17.8. The molecule has 4 N–H and O–H groups in total. The van der Waals surface area contributed by atoms with Crippen molar-refractivity contribution in [3.05, 3.63) is 29.8 Å². The Morgan fingerprint density at radius 2 is 1.82 bits per heavy atom. The summed E-state index contributed by atoms with van der Waals surface area (Å²) in [6.45, 7) is 1.37. The lowest BCUT2D eigenvalue weighted by Gasteiger charge is -2.21. The van der Waals surface area contributed by atoms with Crippen LogP contribution in [0.5, 0.6) is 0 Å². The number of carbonyl (C=O) groups excluding carboxylic acids is 1. The largest absolute Gasteiger partial charge is 0.481 e. The van der Waals surface area contributed by atoms with Crippen molar-refractivity contribution in [2.24, 2.45) is 5.92 Å². The average molecular weight is 318 g/mol. The molecule has 0 heterocycles. The second kappa shape index (κ2) is 7.15. The number of aliphatic carboxylic acids is 1. The van der Waals surface area contributed by atoms with Crippen LogP contribution in [0, 0.1) is 5.92 Å². The molecule has 8 heteroatoms. The van der Waals surface area contributed by atoms with Gasteiger partial charge in [0.25, 0.3) is 0 Å². The van der Waals surface area contributed by atoms with Gasteiger partial charge in [-0.3, -0.25) is 9.59 Å². The van der Waals surface area contributed by atoms with Crippen LogP contribution >= 0.6 is 0 Å². The van der Waals surface area contributed by atoms with Gasteiger partial charge in [-0.05, 0) is 30.5 Å². The number of nitrogens with one attached hydrogen (secondary N) is 1. The van der Waals surface area contributed by atoms with E-state index in [0.29, 0.717) is 11.3 Å². The Balaban J connectivity index is 2.83. The van der Waals surface area contributed by atoms with E-state index >= 15 is 0 Å². The second-order valence-corrected chi connectivity index (χ2v) is 5.09. The van der Waals surface area contributed by atoms with Crippen LogP contribution in [0.2, 0.25) is 0 Å². The zero-order valence-corrected chi connectivity index (χ0v) is 11.9. The Morgan fingerprint density at radius 1 is 1.27 bits per heavy atom. The molecule has 0 radical (unpaired) electrons. The lowest BCUT2D eigenvalue weighted by atomic mass is 9.96. The maximum absolute atomic E-state index is 12.4. The Hall–Kier alpha value is -2.25. The number of hydrogen-bond donors (Lipinski definition) is 3. The number of halogens is 3. The second-order valence-electron chi connectivity index (χ2n) is 5.09. The predicted octanol–water partition coefficient (Wildman–Crippen LogP) is 1.97. The molecule has 0 saturated carbocycles. The Labute approximate surface area is 125 Å². The summed E-state index contributed by atoms with van der Waals surface area (Å²) < 4.78 is 37.1. The van der Waals surface area contributed by atoms with E-state index in [1.54, 1.807) is 24.3 Å². The van der Waals surface area contributed by atoms with Gasteiger partial charge in [-0.2, -0.15) is 13.2 Å². The van der Waals surface area contributed by atoms with Crippen LogP contribution in [0.4, 0.5) is 18.9 Å². The summed E-state index contributed by atoms with van der Waals surface area (Å²) in [5.41, 5.74) is 6.67. The number of carboxylic acids is 1. The van der Waals surface area contributed by atoms with Gasteiger partial charge in [-0.15, -0.1) is 0 Å². The molecule has 1 aromatic rings. The third-order valence-corrected chi connectivity index (χ3v) is 3.11. The minimum Gasteiger partial charge on any atom is -0.481 e. The van der Waals surface area contributed by atoms with Crippen LogP contribution in [-0.4, -0.2) is 29.2 Å². The standard InChI is InChI=1S/C14H17F3N2O3/c1-8(12(20)21)6-11(19-13(22)14(15,16)17)7-9-2-4-10(18)5-3-9/h2-5,8,11H,6-7,18H2,1H3,(H,19,22)(H,20,21)/t8-,11+/m0/s1. The maximum Gasteiger partial charge on any atom is 0.471 e. The van der Waals surface area contributed by atoms with Gasteiger partial charge in [0.2, 0.25) is 0 Å². The third kappa shape index (κ3) is 5.63. The predicted molar refractivity (Wildman–Crippen MR) is 74.0 cm³/mol. The Morgan fingerprint density at radius 3 is 2.27 bits per heavy atom. The highest BCUT2D eigenvalue weighted by Gasteiger charge is 2.40. The summed E-state index contributed by atoms with van der Waals surface area (Å²) in [5.74, 6) is -4.10. The SMILES string of the molecule is C[C@@H](C[C@H](Cc1ccc(N)cc1)NC(=O)C(F)(F)F)C(=O)O. The highest BCUT2D eigenvalue weighted by Crippen LogP contribution is 2.18. The van der Waals surface area contributed by atoms with Gasteiger partial charge < -0.3 is 16.2 Å². The third-order valence-electron chi connectivity index (χ3n) is 3.11. The normalized spacial score (nSPS) is 14.2. The van der Waals surface area contributed by atoms with Gasteiger partial charge in [0.15, 0.2) is 0 Å². The molecule has 0 aliphatic rings. The van der Waals surface area contributed by atoms with Gasteiger partial charge >= 0.3 is 18.1 Å². The van der Waals surface area contributed by atoms with Gasteiger partial charge in [0.1, 0.15) is 0 Å². The lowest BCUT2D eigenvalue weighted by Crippen LogP contribution is -2.45. The number of amides is 1. The quantitative estimate of drug-likeness (QED) is 0.699. The van der Waals surface area contributed by atoms with Gasteiger partial charge in [-0.25, -0.2) is 0 Å². The molecule has 0 aliphatic heterocycles. The molecule has 1 aromatic carbocycles. The Bertz CT molecular complexity index is 529. The first-order valence-electron chi connectivity index (χ1n) is 6.54. The molecule has 22 heavy (non-hydrogen) atoms. The van der Waals surface area contributed by atoms with E-state index in [0.717, 1.165) is 0 Å². The van der Waals surface area contributed by atoms with E-state index < -0.39 is 30.0 Å². The maximum atomic E-state index is 12.4. The zero-order valence-electron chi connectivity index (χ0n) is 11.9. The molecule has 0 unspecified atom stereocenters. The molecule has 2 atom stereocenters. The van der Waals surface area contributed by atoms with Crippen LogP contribution in [0.3, 0.4) is 0 Å². The molecular weight excluding hydrogens is 301 g/mol. The number of anilines is 1. The molecule has 1 rings (SSSR count). The monoisotopic (exact) mass is 318 g/mol. The van der Waals surface area contributed by atoms with E-state index in [1.165, 1.54) is 6.92 Å². The first-order chi connectivity index (χ1) is 10.1. The number of benzene rings is 1. The van der Waals surface area contributed by atoms with Gasteiger partial charge in [0.05, 0.1) is 5.92 Å². The molecule has 1 amide bonds. The number of carboxylic acid groups (broad SMARTS) is 1. The van der Waals surface area contributed by atoms with Crippen LogP contribution in [0.15, 0.2) is 24.3 Å². The fourth-order valence-electron chi connectivity index (χ4n) is 1.93. The van der Waals surface area contributed by atoms with Crippen molar-refractivity contribution in [1.29, 1.82) is 0 Å². The number of hydrogen-bond acceptors (Lipinski definition) is 3. The van der Waals surface area contributed by atoms with Crippen molar-refractivity contribution in [2.45, 2.75) is 32.0 Å². The minimum atomic E-state index is -5.01. The molecule has 0 aliphatic carbocycles. The molecule has 0 bridgehead atoms. The molecule has 0 aromatic heterocycles. The van der Waals surface area contributed by atoms with Crippen molar-refractivity contribution in [3.63, 3.8) is 0 Å². The zero-order chi connectivity index (χ0) is 16.9.